The van der Waals surface area contributed by atoms with Crippen LogP contribution in [0, 0.1) is 11.8 Å². The van der Waals surface area contributed by atoms with Gasteiger partial charge in [-0.2, -0.15) is 0 Å². The van der Waals surface area contributed by atoms with Crippen LogP contribution in [0.1, 0.15) is 39.5 Å². The first kappa shape index (κ1) is 32.2. The molecule has 0 unspecified atom stereocenters. The minimum Gasteiger partial charge on any atom is -0.481 e. The van der Waals surface area contributed by atoms with Crippen LogP contribution >= 0.6 is 12.4 Å². The molecule has 0 atom stereocenters. The first-order valence-corrected chi connectivity index (χ1v) is 10.3. The lowest BCUT2D eigenvalue weighted by Crippen LogP contribution is -2.42. The highest BCUT2D eigenvalue weighted by molar-refractivity contribution is 5.85. The Balaban J connectivity index is 0. The van der Waals surface area contributed by atoms with Crippen LogP contribution in [0.3, 0.4) is 0 Å². The summed E-state index contributed by atoms with van der Waals surface area (Å²) in [7, 11) is 6.36. The van der Waals surface area contributed by atoms with Crippen LogP contribution in [0.5, 0.6) is 0 Å². The van der Waals surface area contributed by atoms with Crippen molar-refractivity contribution >= 4 is 36.1 Å². The van der Waals surface area contributed by atoms with Gasteiger partial charge in [0.2, 0.25) is 17.7 Å². The fourth-order valence-corrected chi connectivity index (χ4v) is 3.23. The lowest BCUT2D eigenvalue weighted by Gasteiger charge is -2.31. The molecule has 0 aromatic rings. The van der Waals surface area contributed by atoms with E-state index in [0.717, 1.165) is 12.8 Å². The molecule has 11 nitrogen and oxygen atoms in total. The maximum Gasteiger partial charge on any atom is 0.306 e. The largest absolute Gasteiger partial charge is 0.481 e. The van der Waals surface area contributed by atoms with E-state index in [1.54, 1.807) is 37.9 Å². The summed E-state index contributed by atoms with van der Waals surface area (Å²) in [4.78, 5) is 56.8. The number of nitrogens with zero attached hydrogens (tertiary/aromatic N) is 3. The van der Waals surface area contributed by atoms with Crippen LogP contribution in [0.15, 0.2) is 0 Å². The molecule has 0 spiro atoms. The van der Waals surface area contributed by atoms with Crippen molar-refractivity contribution in [2.45, 2.75) is 39.5 Å². The van der Waals surface area contributed by atoms with Crippen LogP contribution in [-0.2, 0) is 28.9 Å². The molecule has 12 heteroatoms. The number of carbonyl (C=O) groups excluding carboxylic acids is 3. The van der Waals surface area contributed by atoms with Crippen molar-refractivity contribution < 1.29 is 34.0 Å². The van der Waals surface area contributed by atoms with Gasteiger partial charge in [-0.25, -0.2) is 10.5 Å². The van der Waals surface area contributed by atoms with Gasteiger partial charge in [-0.15, -0.1) is 12.4 Å². The number of hydroxylamine groups is 3. The Hall–Kier alpha value is -1.95. The first-order valence-electron chi connectivity index (χ1n) is 10.3. The molecule has 2 rings (SSSR count). The van der Waals surface area contributed by atoms with Gasteiger partial charge in [0.1, 0.15) is 0 Å². The highest BCUT2D eigenvalue weighted by atomic mass is 35.5. The predicted molar refractivity (Wildman–Crippen MR) is 121 cm³/mol. The molecule has 0 radical (unpaired) electrons. The first-order chi connectivity index (χ1) is 14.6. The standard InChI is InChI=1S/C10H18N2O3.C8H13NO3.C2H7NO.ClH/c1-8(13)12-6-4-9(5-7-12)10(14)11(2)15-3;1-6(10)9-4-2-7(3-5-9)8(11)12;1-3-4-2;/h9H,4-7H2,1-3H3;7H,2-5H2,1H3,(H,11,12);3H,1-2H3;1H. The summed E-state index contributed by atoms with van der Waals surface area (Å²) in [6.07, 6.45) is 2.64. The summed E-state index contributed by atoms with van der Waals surface area (Å²) in [5.74, 6) is -0.870. The molecular weight excluding hydrogens is 444 g/mol. The Morgan fingerprint density at radius 1 is 0.875 bits per heavy atom. The number of rotatable bonds is 4. The van der Waals surface area contributed by atoms with Crippen molar-refractivity contribution in [2.24, 2.45) is 11.8 Å². The lowest BCUT2D eigenvalue weighted by atomic mass is 9.96. The minimum absolute atomic E-state index is 0. The molecule has 0 aromatic carbocycles. The fourth-order valence-electron chi connectivity index (χ4n) is 3.23. The summed E-state index contributed by atoms with van der Waals surface area (Å²) < 4.78 is 0. The van der Waals surface area contributed by atoms with Crippen LogP contribution in [0.25, 0.3) is 0 Å². The van der Waals surface area contributed by atoms with E-state index in [9.17, 15) is 19.2 Å². The summed E-state index contributed by atoms with van der Waals surface area (Å²) in [6, 6.07) is 0. The fraction of sp³-hybridized carbons (Fsp3) is 0.800. The number of hydrogen-bond acceptors (Lipinski definition) is 7. The van der Waals surface area contributed by atoms with Crippen LogP contribution in [-0.4, -0.2) is 98.2 Å². The number of carboxylic acids is 1. The van der Waals surface area contributed by atoms with Gasteiger partial charge >= 0.3 is 5.97 Å². The summed E-state index contributed by atoms with van der Waals surface area (Å²) in [6.45, 7) is 5.59. The average molecular weight is 483 g/mol. The second-order valence-electron chi connectivity index (χ2n) is 7.33. The quantitative estimate of drug-likeness (QED) is 0.562. The van der Waals surface area contributed by atoms with E-state index in [4.69, 9.17) is 9.94 Å². The smallest absolute Gasteiger partial charge is 0.306 e. The second-order valence-corrected chi connectivity index (χ2v) is 7.33. The van der Waals surface area contributed by atoms with E-state index in [2.05, 4.69) is 10.3 Å². The molecule has 2 heterocycles. The molecule has 2 N–H and O–H groups in total. The zero-order valence-electron chi connectivity index (χ0n) is 20.0. The molecule has 0 aliphatic carbocycles. The Morgan fingerprint density at radius 3 is 1.47 bits per heavy atom. The molecule has 0 saturated carbocycles. The van der Waals surface area contributed by atoms with E-state index in [-0.39, 0.29) is 42.0 Å². The van der Waals surface area contributed by atoms with E-state index < -0.39 is 5.97 Å². The third kappa shape index (κ3) is 12.2. The van der Waals surface area contributed by atoms with E-state index in [1.165, 1.54) is 19.1 Å². The van der Waals surface area contributed by atoms with Crippen molar-refractivity contribution in [3.05, 3.63) is 0 Å². The number of aliphatic carboxylic acids is 1. The molecule has 32 heavy (non-hydrogen) atoms. The number of carbonyl (C=O) groups is 4. The number of piperidine rings is 2. The number of halogens is 1. The minimum atomic E-state index is -0.738. The highest BCUT2D eigenvalue weighted by Gasteiger charge is 2.28. The second kappa shape index (κ2) is 17.6. The van der Waals surface area contributed by atoms with E-state index in [0.29, 0.717) is 39.0 Å². The highest BCUT2D eigenvalue weighted by Crippen LogP contribution is 2.19. The van der Waals surface area contributed by atoms with Crippen molar-refractivity contribution in [3.63, 3.8) is 0 Å². The Morgan fingerprint density at radius 2 is 1.22 bits per heavy atom. The van der Waals surface area contributed by atoms with Gasteiger partial charge in [-0.05, 0) is 25.7 Å². The van der Waals surface area contributed by atoms with Crippen LogP contribution < -0.4 is 5.48 Å². The third-order valence-electron chi connectivity index (χ3n) is 5.37. The Bertz CT molecular complexity index is 554. The summed E-state index contributed by atoms with van der Waals surface area (Å²) in [5.41, 5.74) is 2.43. The molecule has 0 aromatic heterocycles. The van der Waals surface area contributed by atoms with Gasteiger partial charge < -0.3 is 19.7 Å². The van der Waals surface area contributed by atoms with Gasteiger partial charge in [0, 0.05) is 60.0 Å². The summed E-state index contributed by atoms with van der Waals surface area (Å²) >= 11 is 0. The molecule has 0 bridgehead atoms. The predicted octanol–water partition coefficient (Wildman–Crippen LogP) is 0.783. The van der Waals surface area contributed by atoms with Crippen molar-refractivity contribution in [3.8, 4) is 0 Å². The zero-order valence-corrected chi connectivity index (χ0v) is 20.8. The van der Waals surface area contributed by atoms with E-state index >= 15 is 0 Å². The maximum absolute atomic E-state index is 11.7. The number of nitrogens with one attached hydrogen (secondary N) is 1. The zero-order chi connectivity index (χ0) is 24.0. The molecule has 2 aliphatic rings. The van der Waals surface area contributed by atoms with Gasteiger partial charge in [-0.3, -0.25) is 24.0 Å². The van der Waals surface area contributed by atoms with Crippen LogP contribution in [0.2, 0.25) is 0 Å². The monoisotopic (exact) mass is 482 g/mol. The Labute approximate surface area is 196 Å². The molecule has 3 amide bonds. The SMILES string of the molecule is CC(=O)N1CCC(C(=O)O)CC1.CNOC.CON(C)C(=O)C1CCN(C(C)=O)CC1.Cl. The number of likely N-dealkylation sites (tertiary alicyclic amines) is 2. The molecule has 188 valence electrons. The number of hydrogen-bond donors (Lipinski definition) is 2. The lowest BCUT2D eigenvalue weighted by molar-refractivity contribution is -0.175. The van der Waals surface area contributed by atoms with E-state index in [1.807, 2.05) is 0 Å². The van der Waals surface area contributed by atoms with Crippen molar-refractivity contribution in [2.75, 3.05) is 54.5 Å². The number of carboxylic acid groups (broad SMARTS) is 1. The van der Waals surface area contributed by atoms with Gasteiger partial charge in [-0.1, -0.05) is 0 Å². The van der Waals surface area contributed by atoms with Crippen LogP contribution in [0.4, 0.5) is 0 Å². The van der Waals surface area contributed by atoms with Crippen molar-refractivity contribution in [1.82, 2.24) is 20.3 Å². The average Bonchev–Trinajstić information content (AvgIpc) is 2.78. The normalized spacial score (nSPS) is 16.4. The topological polar surface area (TPSA) is 129 Å². The molecule has 2 saturated heterocycles. The Kier molecular flexibility index (Phi) is 17.7. The third-order valence-corrected chi connectivity index (χ3v) is 5.37. The van der Waals surface area contributed by atoms with Gasteiger partial charge in [0.15, 0.2) is 0 Å². The molecule has 2 fully saturated rings. The molecular formula is C20H39ClN4O7. The van der Waals surface area contributed by atoms with Gasteiger partial charge in [0.25, 0.3) is 0 Å². The number of amides is 3. The molecule has 2 aliphatic heterocycles. The summed E-state index contributed by atoms with van der Waals surface area (Å²) in [5, 5.41) is 9.92. The maximum atomic E-state index is 11.7. The van der Waals surface area contributed by atoms with Gasteiger partial charge in [0.05, 0.1) is 20.1 Å². The van der Waals surface area contributed by atoms with Crippen molar-refractivity contribution in [1.29, 1.82) is 0 Å².